The van der Waals surface area contributed by atoms with E-state index in [0.29, 0.717) is 0 Å². The molecule has 2 heterocycles. The van der Waals surface area contributed by atoms with E-state index >= 15 is 0 Å². The summed E-state index contributed by atoms with van der Waals surface area (Å²) in [5, 5.41) is 0. The number of fused-ring (bicyclic) bond motifs is 1. The molecule has 1 fully saturated rings. The summed E-state index contributed by atoms with van der Waals surface area (Å²) >= 11 is 0. The molecule has 1 saturated heterocycles. The fourth-order valence-electron chi connectivity index (χ4n) is 2.67. The largest absolute Gasteiger partial charge is 0.460 e. The van der Waals surface area contributed by atoms with Crippen molar-refractivity contribution in [2.45, 2.75) is 77.0 Å². The molecule has 4 heteroatoms. The molecule has 0 aliphatic carbocycles. The lowest BCUT2D eigenvalue weighted by molar-refractivity contribution is -0.144. The van der Waals surface area contributed by atoms with E-state index < -0.39 is 5.79 Å². The van der Waals surface area contributed by atoms with Crippen molar-refractivity contribution in [2.75, 3.05) is 0 Å². The molecular formula is C15H24O4. The molecule has 108 valence electrons. The smallest absolute Gasteiger partial charge is 0.330 e. The van der Waals surface area contributed by atoms with Gasteiger partial charge in [0.1, 0.15) is 6.10 Å². The second-order valence-corrected chi connectivity index (χ2v) is 5.88. The summed E-state index contributed by atoms with van der Waals surface area (Å²) in [4.78, 5) is 11.7. The fourth-order valence-corrected chi connectivity index (χ4v) is 2.67. The average Bonchev–Trinajstić information content (AvgIpc) is 2.59. The molecule has 0 radical (unpaired) electrons. The van der Waals surface area contributed by atoms with Crippen molar-refractivity contribution >= 4 is 5.97 Å². The number of cyclic esters (lactones) is 1. The first-order valence-electron chi connectivity index (χ1n) is 7.21. The maximum absolute atomic E-state index is 11.7. The van der Waals surface area contributed by atoms with Gasteiger partial charge in [0.05, 0.1) is 12.2 Å². The van der Waals surface area contributed by atoms with Crippen LogP contribution in [0.2, 0.25) is 0 Å². The summed E-state index contributed by atoms with van der Waals surface area (Å²) in [5.41, 5.74) is 0. The van der Waals surface area contributed by atoms with Crippen molar-refractivity contribution in [2.24, 2.45) is 0 Å². The Labute approximate surface area is 115 Å². The van der Waals surface area contributed by atoms with Crippen LogP contribution in [0.15, 0.2) is 12.2 Å². The zero-order chi connectivity index (χ0) is 13.9. The lowest BCUT2D eigenvalue weighted by Gasteiger charge is -2.17. The van der Waals surface area contributed by atoms with Gasteiger partial charge in [0, 0.05) is 6.08 Å². The highest BCUT2D eigenvalue weighted by Gasteiger charge is 2.39. The van der Waals surface area contributed by atoms with E-state index in [0.717, 1.165) is 32.1 Å². The van der Waals surface area contributed by atoms with Crippen molar-refractivity contribution in [3.63, 3.8) is 0 Å². The standard InChI is InChI=1S/C15H24O4/c1-11-7-5-4-6-8-12-13(9-10-14(16)17-11)19-15(2,3)18-12/h9-13H,4-8H2,1-3H3/b10-9+/t11-,12+,13+/m1/s1. The highest BCUT2D eigenvalue weighted by Crippen LogP contribution is 2.32. The SMILES string of the molecule is C[C@@H]1CCCCC[C@@H]2OC(C)(C)O[C@H]2/C=C/C(=O)O1. The number of ether oxygens (including phenoxy) is 3. The first-order valence-corrected chi connectivity index (χ1v) is 7.21. The molecule has 0 aromatic heterocycles. The van der Waals surface area contributed by atoms with E-state index in [2.05, 4.69) is 0 Å². The van der Waals surface area contributed by atoms with E-state index in [1.54, 1.807) is 6.08 Å². The molecule has 0 saturated carbocycles. The van der Waals surface area contributed by atoms with Crippen molar-refractivity contribution < 1.29 is 19.0 Å². The number of carbonyl (C=O) groups is 1. The first-order chi connectivity index (χ1) is 8.96. The van der Waals surface area contributed by atoms with Crippen molar-refractivity contribution in [3.05, 3.63) is 12.2 Å². The third kappa shape index (κ3) is 4.32. The molecule has 0 bridgehead atoms. The Kier molecular flexibility index (Phi) is 4.63. The molecule has 4 nitrogen and oxygen atoms in total. The summed E-state index contributed by atoms with van der Waals surface area (Å²) < 4.78 is 17.0. The third-order valence-corrected chi connectivity index (χ3v) is 3.56. The van der Waals surface area contributed by atoms with Gasteiger partial charge >= 0.3 is 5.97 Å². The van der Waals surface area contributed by atoms with Gasteiger partial charge in [-0.2, -0.15) is 0 Å². The summed E-state index contributed by atoms with van der Waals surface area (Å²) in [5.74, 6) is -0.864. The Morgan fingerprint density at radius 1 is 1.16 bits per heavy atom. The number of rotatable bonds is 0. The Balaban J connectivity index is 2.05. The molecular weight excluding hydrogens is 244 g/mol. The van der Waals surface area contributed by atoms with Gasteiger partial charge in [-0.05, 0) is 46.1 Å². The van der Waals surface area contributed by atoms with E-state index in [9.17, 15) is 4.79 Å². The molecule has 2 rings (SSSR count). The van der Waals surface area contributed by atoms with Gasteiger partial charge in [0.2, 0.25) is 0 Å². The van der Waals surface area contributed by atoms with Gasteiger partial charge in [-0.1, -0.05) is 12.8 Å². The number of carbonyl (C=O) groups excluding carboxylic acids is 1. The molecule has 2 aliphatic heterocycles. The maximum atomic E-state index is 11.7. The first kappa shape index (κ1) is 14.5. The fraction of sp³-hybridized carbons (Fsp3) is 0.800. The van der Waals surface area contributed by atoms with Crippen LogP contribution in [0.5, 0.6) is 0 Å². The molecule has 2 aliphatic rings. The lowest BCUT2D eigenvalue weighted by Crippen LogP contribution is -2.22. The highest BCUT2D eigenvalue weighted by molar-refractivity contribution is 5.82. The second kappa shape index (κ2) is 6.06. The minimum absolute atomic E-state index is 0.00967. The Bertz CT molecular complexity index is 348. The van der Waals surface area contributed by atoms with Crippen LogP contribution in [0.4, 0.5) is 0 Å². The van der Waals surface area contributed by atoms with Gasteiger partial charge in [-0.25, -0.2) is 4.79 Å². The third-order valence-electron chi connectivity index (χ3n) is 3.56. The van der Waals surface area contributed by atoms with Crippen LogP contribution < -0.4 is 0 Å². The van der Waals surface area contributed by atoms with Crippen molar-refractivity contribution in [3.8, 4) is 0 Å². The average molecular weight is 268 g/mol. The number of hydrogen-bond donors (Lipinski definition) is 0. The van der Waals surface area contributed by atoms with E-state index in [4.69, 9.17) is 14.2 Å². The topological polar surface area (TPSA) is 44.8 Å². The minimum atomic E-state index is -0.572. The molecule has 0 aromatic carbocycles. The quantitative estimate of drug-likeness (QED) is 0.634. The van der Waals surface area contributed by atoms with Crippen LogP contribution in [0.25, 0.3) is 0 Å². The van der Waals surface area contributed by atoms with Gasteiger partial charge in [0.15, 0.2) is 5.79 Å². The molecule has 19 heavy (non-hydrogen) atoms. The second-order valence-electron chi connectivity index (χ2n) is 5.88. The van der Waals surface area contributed by atoms with Crippen LogP contribution in [0.1, 0.15) is 52.9 Å². The Hall–Kier alpha value is -0.870. The molecule has 0 spiro atoms. The van der Waals surface area contributed by atoms with Gasteiger partial charge in [0.25, 0.3) is 0 Å². The number of hydrogen-bond acceptors (Lipinski definition) is 4. The highest BCUT2D eigenvalue weighted by atomic mass is 16.7. The summed E-state index contributed by atoms with van der Waals surface area (Å²) in [6.07, 6.45) is 8.36. The molecule has 3 atom stereocenters. The van der Waals surface area contributed by atoms with Crippen LogP contribution >= 0.6 is 0 Å². The maximum Gasteiger partial charge on any atom is 0.330 e. The van der Waals surface area contributed by atoms with E-state index in [-0.39, 0.29) is 24.3 Å². The van der Waals surface area contributed by atoms with E-state index in [1.165, 1.54) is 6.08 Å². The normalized spacial score (nSPS) is 37.6. The summed E-state index contributed by atoms with van der Waals surface area (Å²) in [6, 6.07) is 0. The molecule has 0 N–H and O–H groups in total. The predicted octanol–water partition coefficient (Wildman–Crippen LogP) is 2.96. The van der Waals surface area contributed by atoms with Gasteiger partial charge < -0.3 is 14.2 Å². The van der Waals surface area contributed by atoms with E-state index in [1.807, 2.05) is 20.8 Å². The number of esters is 1. The predicted molar refractivity (Wildman–Crippen MR) is 71.6 cm³/mol. The van der Waals surface area contributed by atoms with Gasteiger partial charge in [-0.3, -0.25) is 0 Å². The van der Waals surface area contributed by atoms with Gasteiger partial charge in [-0.15, -0.1) is 0 Å². The zero-order valence-electron chi connectivity index (χ0n) is 12.1. The Morgan fingerprint density at radius 3 is 2.68 bits per heavy atom. The summed E-state index contributed by atoms with van der Waals surface area (Å²) in [7, 11) is 0. The monoisotopic (exact) mass is 268 g/mol. The lowest BCUT2D eigenvalue weighted by atomic mass is 10.0. The Morgan fingerprint density at radius 2 is 1.89 bits per heavy atom. The zero-order valence-corrected chi connectivity index (χ0v) is 12.1. The molecule has 0 aromatic rings. The van der Waals surface area contributed by atoms with Crippen LogP contribution in [0, 0.1) is 0 Å². The van der Waals surface area contributed by atoms with Crippen LogP contribution in [-0.2, 0) is 19.0 Å². The minimum Gasteiger partial charge on any atom is -0.460 e. The van der Waals surface area contributed by atoms with Crippen LogP contribution in [-0.4, -0.2) is 30.1 Å². The van der Waals surface area contributed by atoms with Crippen molar-refractivity contribution in [1.82, 2.24) is 0 Å². The molecule has 0 unspecified atom stereocenters. The van der Waals surface area contributed by atoms with Crippen molar-refractivity contribution in [1.29, 1.82) is 0 Å². The van der Waals surface area contributed by atoms with Crippen LogP contribution in [0.3, 0.4) is 0 Å². The molecule has 0 amide bonds. The summed E-state index contributed by atoms with van der Waals surface area (Å²) in [6.45, 7) is 5.76.